The van der Waals surface area contributed by atoms with Crippen molar-refractivity contribution in [1.29, 1.82) is 0 Å². The molecule has 1 heterocycles. The second-order valence-electron chi connectivity index (χ2n) is 7.30. The van der Waals surface area contributed by atoms with Crippen molar-refractivity contribution in [2.45, 2.75) is 34.6 Å². The molecule has 2 aromatic rings. The van der Waals surface area contributed by atoms with Crippen LogP contribution in [0.5, 0.6) is 0 Å². The Labute approximate surface area is 174 Å². The van der Waals surface area contributed by atoms with Gasteiger partial charge in [-0.15, -0.1) is 0 Å². The van der Waals surface area contributed by atoms with Gasteiger partial charge in [-0.05, 0) is 32.0 Å². The van der Waals surface area contributed by atoms with Gasteiger partial charge in [0.05, 0.1) is 18.7 Å². The number of rotatable bonds is 7. The molecule has 0 radical (unpaired) electrons. The van der Waals surface area contributed by atoms with Crippen LogP contribution < -0.4 is 10.6 Å². The highest BCUT2D eigenvalue weighted by atomic mass is 16.6. The number of hydrogen-bond acceptors (Lipinski definition) is 8. The molecule has 0 aliphatic rings. The maximum Gasteiger partial charge on any atom is 0.347 e. The highest BCUT2D eigenvalue weighted by molar-refractivity contribution is 6.14. The molecule has 0 unspecified atom stereocenters. The molecule has 1 aromatic carbocycles. The normalized spacial score (nSPS) is 10.8. The van der Waals surface area contributed by atoms with Crippen LogP contribution in [0.4, 0.5) is 11.5 Å². The zero-order chi connectivity index (χ0) is 22.3. The number of benzene rings is 1. The second kappa shape index (κ2) is 9.82. The van der Waals surface area contributed by atoms with E-state index in [-0.39, 0.29) is 24.7 Å². The van der Waals surface area contributed by atoms with Crippen molar-refractivity contribution in [2.75, 3.05) is 23.8 Å². The third kappa shape index (κ3) is 5.76. The van der Waals surface area contributed by atoms with E-state index in [9.17, 15) is 14.4 Å². The van der Waals surface area contributed by atoms with Crippen molar-refractivity contribution in [3.63, 3.8) is 0 Å². The van der Waals surface area contributed by atoms with Crippen molar-refractivity contribution < 1.29 is 23.9 Å². The van der Waals surface area contributed by atoms with Gasteiger partial charge in [-0.2, -0.15) is 0 Å². The van der Waals surface area contributed by atoms with E-state index in [4.69, 9.17) is 9.47 Å². The van der Waals surface area contributed by atoms with Gasteiger partial charge in [0.25, 0.3) is 0 Å². The minimum Gasteiger partial charge on any atom is -0.462 e. The number of carbonyl (C=O) groups is 3. The van der Waals surface area contributed by atoms with E-state index in [0.717, 1.165) is 0 Å². The third-order valence-corrected chi connectivity index (χ3v) is 3.92. The van der Waals surface area contributed by atoms with E-state index < -0.39 is 17.4 Å². The van der Waals surface area contributed by atoms with Crippen LogP contribution in [0.2, 0.25) is 0 Å². The zero-order valence-electron chi connectivity index (χ0n) is 17.7. The molecule has 30 heavy (non-hydrogen) atoms. The van der Waals surface area contributed by atoms with Gasteiger partial charge >= 0.3 is 11.9 Å². The Morgan fingerprint density at radius 3 is 2.23 bits per heavy atom. The number of nitrogens with zero attached hydrogens (tertiary/aromatic N) is 2. The van der Waals surface area contributed by atoms with E-state index >= 15 is 0 Å². The Bertz CT molecular complexity index is 959. The van der Waals surface area contributed by atoms with Gasteiger partial charge in [0.1, 0.15) is 12.1 Å². The predicted molar refractivity (Wildman–Crippen MR) is 113 cm³/mol. The summed E-state index contributed by atoms with van der Waals surface area (Å²) in [4.78, 5) is 44.9. The molecule has 2 rings (SSSR count). The SMILES string of the molecule is CCOC(=O)C(=CNc1ncnc2ccc(NC(=O)C(C)(C)C)cc12)C(=O)OCC. The number of hydrogen-bond donors (Lipinski definition) is 2. The fourth-order valence-electron chi connectivity index (χ4n) is 2.33. The zero-order valence-corrected chi connectivity index (χ0v) is 17.7. The maximum atomic E-state index is 12.3. The monoisotopic (exact) mass is 414 g/mol. The minimum atomic E-state index is -0.806. The van der Waals surface area contributed by atoms with Gasteiger partial charge in [-0.1, -0.05) is 20.8 Å². The highest BCUT2D eigenvalue weighted by Gasteiger charge is 2.22. The minimum absolute atomic E-state index is 0.114. The number of aromatic nitrogens is 2. The Hall–Kier alpha value is -3.49. The number of esters is 2. The van der Waals surface area contributed by atoms with Crippen LogP contribution in [0, 0.1) is 5.41 Å². The summed E-state index contributed by atoms with van der Waals surface area (Å²) in [6, 6.07) is 5.19. The number of ether oxygens (including phenoxy) is 2. The molecule has 1 amide bonds. The van der Waals surface area contributed by atoms with E-state index in [2.05, 4.69) is 20.6 Å². The molecule has 2 N–H and O–H groups in total. The van der Waals surface area contributed by atoms with Crippen LogP contribution in [0.3, 0.4) is 0 Å². The average Bonchev–Trinajstić information content (AvgIpc) is 2.68. The maximum absolute atomic E-state index is 12.3. The summed E-state index contributed by atoms with van der Waals surface area (Å²) in [5.41, 5.74) is 0.339. The van der Waals surface area contributed by atoms with E-state index in [0.29, 0.717) is 22.4 Å². The lowest BCUT2D eigenvalue weighted by atomic mass is 9.95. The van der Waals surface area contributed by atoms with Gasteiger partial charge in [0.15, 0.2) is 5.57 Å². The molecule has 160 valence electrons. The molecular weight excluding hydrogens is 388 g/mol. The van der Waals surface area contributed by atoms with Crippen molar-refractivity contribution in [2.24, 2.45) is 5.41 Å². The standard InChI is InChI=1S/C21H26N4O5/c1-6-29-18(26)15(19(27)30-7-2)11-22-17-14-10-13(25-20(28)21(3,4)5)8-9-16(14)23-12-24-17/h8-12H,6-7H2,1-5H3,(H,25,28)(H,22,23,24). The first-order valence-electron chi connectivity index (χ1n) is 9.54. The van der Waals surface area contributed by atoms with Crippen LogP contribution in [0.25, 0.3) is 10.9 Å². The summed E-state index contributed by atoms with van der Waals surface area (Å²) >= 11 is 0. The number of amides is 1. The molecule has 0 aliphatic carbocycles. The largest absolute Gasteiger partial charge is 0.462 e. The first-order chi connectivity index (χ1) is 14.2. The van der Waals surface area contributed by atoms with Crippen LogP contribution >= 0.6 is 0 Å². The lowest BCUT2D eigenvalue weighted by molar-refractivity contribution is -0.146. The van der Waals surface area contributed by atoms with Crippen molar-refractivity contribution in [1.82, 2.24) is 9.97 Å². The molecular formula is C21H26N4O5. The highest BCUT2D eigenvalue weighted by Crippen LogP contribution is 2.25. The summed E-state index contributed by atoms with van der Waals surface area (Å²) in [6.45, 7) is 8.95. The number of nitrogens with one attached hydrogen (secondary N) is 2. The molecule has 0 bridgehead atoms. The number of anilines is 2. The Balaban J connectivity index is 2.38. The summed E-state index contributed by atoms with van der Waals surface area (Å²) in [7, 11) is 0. The van der Waals surface area contributed by atoms with E-state index in [1.807, 2.05) is 20.8 Å². The predicted octanol–water partition coefficient (Wildman–Crippen LogP) is 3.04. The molecule has 9 nitrogen and oxygen atoms in total. The van der Waals surface area contributed by atoms with Gasteiger partial charge in [-0.25, -0.2) is 19.6 Å². The third-order valence-electron chi connectivity index (χ3n) is 3.92. The first kappa shape index (κ1) is 22.8. The molecule has 1 aromatic heterocycles. The van der Waals surface area contributed by atoms with Gasteiger partial charge in [0.2, 0.25) is 5.91 Å². The Morgan fingerprint density at radius 1 is 1.03 bits per heavy atom. The van der Waals surface area contributed by atoms with E-state index in [1.165, 1.54) is 12.5 Å². The molecule has 0 aliphatic heterocycles. The van der Waals surface area contributed by atoms with Crippen LogP contribution in [0.1, 0.15) is 34.6 Å². The molecule has 0 atom stereocenters. The Morgan fingerprint density at radius 2 is 1.67 bits per heavy atom. The summed E-state index contributed by atoms with van der Waals surface area (Å²) < 4.78 is 9.83. The number of carbonyl (C=O) groups excluding carboxylic acids is 3. The molecule has 0 saturated carbocycles. The van der Waals surface area contributed by atoms with Crippen molar-refractivity contribution in [3.8, 4) is 0 Å². The summed E-state index contributed by atoms with van der Waals surface area (Å²) in [5, 5.41) is 6.29. The Kier molecular flexibility index (Phi) is 7.46. The van der Waals surface area contributed by atoms with Crippen LogP contribution in [-0.4, -0.2) is 41.0 Å². The average molecular weight is 414 g/mol. The fourth-order valence-corrected chi connectivity index (χ4v) is 2.33. The molecule has 0 fully saturated rings. The molecule has 0 spiro atoms. The van der Waals surface area contributed by atoms with Gasteiger partial charge in [-0.3, -0.25) is 4.79 Å². The van der Waals surface area contributed by atoms with Crippen molar-refractivity contribution in [3.05, 3.63) is 36.3 Å². The summed E-state index contributed by atoms with van der Waals surface area (Å²) in [6.07, 6.45) is 2.54. The molecule has 0 saturated heterocycles. The van der Waals surface area contributed by atoms with Crippen molar-refractivity contribution >= 4 is 40.3 Å². The lowest BCUT2D eigenvalue weighted by Crippen LogP contribution is -2.27. The van der Waals surface area contributed by atoms with Crippen LogP contribution in [-0.2, 0) is 23.9 Å². The lowest BCUT2D eigenvalue weighted by Gasteiger charge is -2.18. The van der Waals surface area contributed by atoms with Gasteiger partial charge in [0, 0.05) is 22.7 Å². The second-order valence-corrected chi connectivity index (χ2v) is 7.30. The smallest absolute Gasteiger partial charge is 0.347 e. The summed E-state index contributed by atoms with van der Waals surface area (Å²) in [5.74, 6) is -1.40. The first-order valence-corrected chi connectivity index (χ1v) is 9.54. The van der Waals surface area contributed by atoms with Gasteiger partial charge < -0.3 is 20.1 Å². The fraction of sp³-hybridized carbons (Fsp3) is 0.381. The topological polar surface area (TPSA) is 120 Å². The van der Waals surface area contributed by atoms with Crippen LogP contribution in [0.15, 0.2) is 36.3 Å². The number of fused-ring (bicyclic) bond motifs is 1. The molecule has 9 heteroatoms. The quantitative estimate of drug-likeness (QED) is 0.307. The van der Waals surface area contributed by atoms with E-state index in [1.54, 1.807) is 32.0 Å².